The van der Waals surface area contributed by atoms with Gasteiger partial charge in [0.1, 0.15) is 0 Å². The van der Waals surface area contributed by atoms with Crippen molar-refractivity contribution >= 4 is 17.6 Å². The van der Waals surface area contributed by atoms with Crippen molar-refractivity contribution in [3.63, 3.8) is 0 Å². The number of hydrogen-bond acceptors (Lipinski definition) is 2. The minimum Gasteiger partial charge on any atom is -0.335 e. The number of para-hydroxylation sites is 1. The van der Waals surface area contributed by atoms with E-state index in [4.69, 9.17) is 0 Å². The molecule has 0 aliphatic carbocycles. The third-order valence-corrected chi connectivity index (χ3v) is 4.32. The molecule has 0 saturated carbocycles. The van der Waals surface area contributed by atoms with E-state index < -0.39 is 17.6 Å². The number of hydrogen-bond donors (Lipinski definition) is 1. The zero-order valence-electron chi connectivity index (χ0n) is 14.4. The Balaban J connectivity index is 1.59. The zero-order valence-corrected chi connectivity index (χ0v) is 14.4. The zero-order chi connectivity index (χ0) is 19.4. The van der Waals surface area contributed by atoms with E-state index in [2.05, 4.69) is 5.32 Å². The molecule has 0 radical (unpaired) electrons. The number of urea groups is 1. The van der Waals surface area contributed by atoms with E-state index >= 15 is 0 Å². The summed E-state index contributed by atoms with van der Waals surface area (Å²) in [6.45, 7) is 1.14. The first kappa shape index (κ1) is 18.8. The molecule has 2 aromatic rings. The first-order valence-electron chi connectivity index (χ1n) is 8.42. The van der Waals surface area contributed by atoms with Crippen LogP contribution in [0.1, 0.15) is 15.9 Å². The number of carbonyl (C=O) groups is 2. The fourth-order valence-electron chi connectivity index (χ4n) is 2.85. The van der Waals surface area contributed by atoms with E-state index in [9.17, 15) is 22.8 Å². The Labute approximate surface area is 154 Å². The first-order chi connectivity index (χ1) is 12.8. The lowest BCUT2D eigenvalue weighted by molar-refractivity contribution is -0.137. The largest absolute Gasteiger partial charge is 0.416 e. The minimum absolute atomic E-state index is 0.00740. The van der Waals surface area contributed by atoms with Gasteiger partial charge in [0.25, 0.3) is 5.91 Å². The third-order valence-electron chi connectivity index (χ3n) is 4.32. The topological polar surface area (TPSA) is 52.7 Å². The summed E-state index contributed by atoms with van der Waals surface area (Å²) in [7, 11) is 0. The molecule has 0 bridgehead atoms. The van der Waals surface area contributed by atoms with Gasteiger partial charge in [-0.3, -0.25) is 4.79 Å². The second-order valence-corrected chi connectivity index (χ2v) is 6.15. The van der Waals surface area contributed by atoms with Gasteiger partial charge in [-0.2, -0.15) is 13.2 Å². The molecule has 3 rings (SSSR count). The molecule has 142 valence electrons. The van der Waals surface area contributed by atoms with Crippen LogP contribution in [0.15, 0.2) is 54.6 Å². The fraction of sp³-hybridized carbons (Fsp3) is 0.263. The second-order valence-electron chi connectivity index (χ2n) is 6.15. The number of rotatable bonds is 2. The SMILES string of the molecule is O=C(Nc1ccccc1)N1CCN(C(=O)c2cccc(C(F)(F)F)c2)CC1. The highest BCUT2D eigenvalue weighted by molar-refractivity contribution is 5.95. The molecule has 0 spiro atoms. The molecule has 5 nitrogen and oxygen atoms in total. The summed E-state index contributed by atoms with van der Waals surface area (Å²) in [6, 6.07) is 13.1. The van der Waals surface area contributed by atoms with Crippen LogP contribution in [-0.2, 0) is 6.18 Å². The molecule has 1 fully saturated rings. The van der Waals surface area contributed by atoms with E-state index in [1.165, 1.54) is 17.0 Å². The number of piperazine rings is 1. The number of nitrogens with zero attached hydrogens (tertiary/aromatic N) is 2. The molecular formula is C19H18F3N3O2. The van der Waals surface area contributed by atoms with Gasteiger partial charge in [-0.25, -0.2) is 4.79 Å². The summed E-state index contributed by atoms with van der Waals surface area (Å²) < 4.78 is 38.4. The maximum Gasteiger partial charge on any atom is 0.416 e. The first-order valence-corrected chi connectivity index (χ1v) is 8.42. The van der Waals surface area contributed by atoms with Crippen LogP contribution >= 0.6 is 0 Å². The number of alkyl halides is 3. The Kier molecular flexibility index (Phi) is 5.34. The van der Waals surface area contributed by atoms with Gasteiger partial charge in [-0.15, -0.1) is 0 Å². The predicted molar refractivity (Wildman–Crippen MR) is 94.4 cm³/mol. The van der Waals surface area contributed by atoms with Crippen LogP contribution in [-0.4, -0.2) is 47.9 Å². The maximum absolute atomic E-state index is 12.8. The number of carbonyl (C=O) groups excluding carboxylic acids is 2. The van der Waals surface area contributed by atoms with Crippen molar-refractivity contribution in [2.24, 2.45) is 0 Å². The van der Waals surface area contributed by atoms with Crippen molar-refractivity contribution in [3.8, 4) is 0 Å². The summed E-state index contributed by atoms with van der Waals surface area (Å²) in [5.74, 6) is -0.468. The van der Waals surface area contributed by atoms with Crippen LogP contribution in [0.5, 0.6) is 0 Å². The Morgan fingerprint density at radius 1 is 0.852 bits per heavy atom. The molecule has 1 saturated heterocycles. The van der Waals surface area contributed by atoms with Gasteiger partial charge in [0, 0.05) is 37.4 Å². The molecule has 1 aliphatic heterocycles. The van der Waals surface area contributed by atoms with E-state index in [0.29, 0.717) is 18.8 Å². The van der Waals surface area contributed by atoms with Crippen molar-refractivity contribution in [1.29, 1.82) is 0 Å². The summed E-state index contributed by atoms with van der Waals surface area (Å²) >= 11 is 0. The molecule has 3 amide bonds. The van der Waals surface area contributed by atoms with E-state index in [1.54, 1.807) is 29.2 Å². The van der Waals surface area contributed by atoms with E-state index in [-0.39, 0.29) is 24.7 Å². The molecule has 1 N–H and O–H groups in total. The molecule has 1 aliphatic rings. The Morgan fingerprint density at radius 2 is 1.48 bits per heavy atom. The molecular weight excluding hydrogens is 359 g/mol. The van der Waals surface area contributed by atoms with Gasteiger partial charge in [0.15, 0.2) is 0 Å². The standard InChI is InChI=1S/C19H18F3N3O2/c20-19(21,22)15-6-4-5-14(13-15)17(26)24-9-11-25(12-10-24)18(27)23-16-7-2-1-3-8-16/h1-8,13H,9-12H2,(H,23,27). The Bertz CT molecular complexity index is 816. The van der Waals surface area contributed by atoms with Gasteiger partial charge in [-0.1, -0.05) is 24.3 Å². The Hall–Kier alpha value is -3.03. The van der Waals surface area contributed by atoms with Crippen LogP contribution in [0.3, 0.4) is 0 Å². The lowest BCUT2D eigenvalue weighted by Gasteiger charge is -2.34. The molecule has 8 heteroatoms. The fourth-order valence-corrected chi connectivity index (χ4v) is 2.85. The quantitative estimate of drug-likeness (QED) is 0.868. The lowest BCUT2D eigenvalue weighted by Crippen LogP contribution is -2.51. The van der Waals surface area contributed by atoms with Crippen LogP contribution < -0.4 is 5.32 Å². The normalized spacial score (nSPS) is 14.8. The third kappa shape index (κ3) is 4.58. The summed E-state index contributed by atoms with van der Waals surface area (Å²) in [4.78, 5) is 27.8. The van der Waals surface area contributed by atoms with Gasteiger partial charge in [-0.05, 0) is 30.3 Å². The van der Waals surface area contributed by atoms with Crippen molar-refractivity contribution in [3.05, 3.63) is 65.7 Å². The highest BCUT2D eigenvalue weighted by Gasteiger charge is 2.32. The molecule has 0 aromatic heterocycles. The van der Waals surface area contributed by atoms with Crippen LogP contribution in [0.4, 0.5) is 23.7 Å². The highest BCUT2D eigenvalue weighted by Crippen LogP contribution is 2.29. The number of anilines is 1. The number of amides is 3. The van der Waals surface area contributed by atoms with E-state index in [0.717, 1.165) is 12.1 Å². The van der Waals surface area contributed by atoms with Gasteiger partial charge < -0.3 is 15.1 Å². The second kappa shape index (κ2) is 7.69. The monoisotopic (exact) mass is 377 g/mol. The summed E-state index contributed by atoms with van der Waals surface area (Å²) in [5.41, 5.74) is -0.189. The Morgan fingerprint density at radius 3 is 2.11 bits per heavy atom. The highest BCUT2D eigenvalue weighted by atomic mass is 19.4. The number of nitrogens with one attached hydrogen (secondary N) is 1. The molecule has 2 aromatic carbocycles. The smallest absolute Gasteiger partial charge is 0.335 e. The molecule has 0 unspecified atom stereocenters. The summed E-state index contributed by atoms with van der Waals surface area (Å²) in [5, 5.41) is 2.77. The molecule has 0 atom stereocenters. The van der Waals surface area contributed by atoms with E-state index in [1.807, 2.05) is 6.07 Å². The van der Waals surface area contributed by atoms with Gasteiger partial charge >= 0.3 is 12.2 Å². The van der Waals surface area contributed by atoms with Crippen molar-refractivity contribution in [2.45, 2.75) is 6.18 Å². The van der Waals surface area contributed by atoms with Crippen LogP contribution in [0.2, 0.25) is 0 Å². The molecule has 1 heterocycles. The van der Waals surface area contributed by atoms with Crippen molar-refractivity contribution in [1.82, 2.24) is 9.80 Å². The maximum atomic E-state index is 12.8. The van der Waals surface area contributed by atoms with Crippen molar-refractivity contribution in [2.75, 3.05) is 31.5 Å². The number of halogens is 3. The minimum atomic E-state index is -4.50. The van der Waals surface area contributed by atoms with Gasteiger partial charge in [0.2, 0.25) is 0 Å². The van der Waals surface area contributed by atoms with Gasteiger partial charge in [0.05, 0.1) is 5.56 Å². The molecule has 27 heavy (non-hydrogen) atoms. The number of benzene rings is 2. The lowest BCUT2D eigenvalue weighted by atomic mass is 10.1. The predicted octanol–water partition coefficient (Wildman–Crippen LogP) is 3.70. The average Bonchev–Trinajstić information content (AvgIpc) is 2.68. The average molecular weight is 377 g/mol. The van der Waals surface area contributed by atoms with Crippen LogP contribution in [0.25, 0.3) is 0 Å². The summed E-state index contributed by atoms with van der Waals surface area (Å²) in [6.07, 6.45) is -4.50. The van der Waals surface area contributed by atoms with Crippen LogP contribution in [0, 0.1) is 0 Å². The van der Waals surface area contributed by atoms with Crippen molar-refractivity contribution < 1.29 is 22.8 Å².